The lowest BCUT2D eigenvalue weighted by molar-refractivity contribution is -0.896. The molecule has 2 heterocycles. The molecule has 158 valence electrons. The predicted molar refractivity (Wildman–Crippen MR) is 105 cm³/mol. The monoisotopic (exact) mass is 405 g/mol. The smallest absolute Gasteiger partial charge is 0.321 e. The highest BCUT2D eigenvalue weighted by atomic mass is 16.6. The van der Waals surface area contributed by atoms with Gasteiger partial charge in [-0.15, -0.1) is 0 Å². The zero-order valence-electron chi connectivity index (χ0n) is 16.9. The van der Waals surface area contributed by atoms with E-state index in [0.29, 0.717) is 50.1 Å². The zero-order chi connectivity index (χ0) is 20.8. The number of hydrogen-bond donors (Lipinski definition) is 3. The van der Waals surface area contributed by atoms with Crippen molar-refractivity contribution in [3.05, 3.63) is 24.3 Å². The van der Waals surface area contributed by atoms with E-state index in [0.717, 1.165) is 4.90 Å². The number of piperazine rings is 1. The van der Waals surface area contributed by atoms with E-state index in [9.17, 15) is 14.4 Å². The molecule has 9 nitrogen and oxygen atoms in total. The van der Waals surface area contributed by atoms with E-state index in [2.05, 4.69) is 10.6 Å². The number of benzene rings is 1. The molecular formula is C20H29N4O5+. The summed E-state index contributed by atoms with van der Waals surface area (Å²) in [4.78, 5) is 39.2. The van der Waals surface area contributed by atoms with Gasteiger partial charge in [0, 0.05) is 6.54 Å². The summed E-state index contributed by atoms with van der Waals surface area (Å²) in [6.07, 6.45) is -0.653. The first-order chi connectivity index (χ1) is 13.9. The van der Waals surface area contributed by atoms with Crippen LogP contribution in [0.3, 0.4) is 0 Å². The number of para-hydroxylation sites is 2. The van der Waals surface area contributed by atoms with Crippen LogP contribution in [0, 0.1) is 5.92 Å². The Bertz CT molecular complexity index is 746. The van der Waals surface area contributed by atoms with Gasteiger partial charge in [0.2, 0.25) is 6.10 Å². The molecule has 0 aliphatic carbocycles. The average molecular weight is 405 g/mol. The number of carbonyl (C=O) groups is 3. The van der Waals surface area contributed by atoms with Crippen LogP contribution in [-0.2, 0) is 9.59 Å². The largest absolute Gasteiger partial charge is 0.485 e. The Hall–Kier alpha value is -2.81. The fraction of sp³-hybridized carbons (Fsp3) is 0.550. The number of rotatable bonds is 5. The normalized spacial score (nSPS) is 19.0. The summed E-state index contributed by atoms with van der Waals surface area (Å²) < 4.78 is 11.4. The van der Waals surface area contributed by atoms with Crippen LogP contribution < -0.4 is 25.0 Å². The number of nitrogens with zero attached hydrogens (tertiary/aromatic N) is 1. The number of imide groups is 1. The average Bonchev–Trinajstić information content (AvgIpc) is 2.72. The molecule has 29 heavy (non-hydrogen) atoms. The molecule has 1 atom stereocenters. The van der Waals surface area contributed by atoms with Crippen molar-refractivity contribution < 1.29 is 28.8 Å². The van der Waals surface area contributed by atoms with Gasteiger partial charge in [-0.05, 0) is 18.1 Å². The first kappa shape index (κ1) is 20.9. The minimum atomic E-state index is -0.653. The van der Waals surface area contributed by atoms with Crippen molar-refractivity contribution in [1.82, 2.24) is 15.5 Å². The van der Waals surface area contributed by atoms with Gasteiger partial charge in [0.15, 0.2) is 18.0 Å². The number of carbonyl (C=O) groups excluding carboxylic acids is 3. The van der Waals surface area contributed by atoms with Crippen LogP contribution in [-0.4, -0.2) is 74.7 Å². The Kier molecular flexibility index (Phi) is 6.92. The van der Waals surface area contributed by atoms with E-state index in [1.807, 2.05) is 32.0 Å². The molecule has 0 bridgehead atoms. The number of quaternary nitrogens is 1. The predicted octanol–water partition coefficient (Wildman–Crippen LogP) is -0.965. The third-order valence-corrected chi connectivity index (χ3v) is 4.90. The fourth-order valence-electron chi connectivity index (χ4n) is 3.30. The second-order valence-electron chi connectivity index (χ2n) is 7.77. The van der Waals surface area contributed by atoms with E-state index in [-0.39, 0.29) is 25.0 Å². The summed E-state index contributed by atoms with van der Waals surface area (Å²) in [6.45, 7) is 7.21. The molecule has 0 saturated carbocycles. The molecule has 0 spiro atoms. The second-order valence-corrected chi connectivity index (χ2v) is 7.77. The van der Waals surface area contributed by atoms with Gasteiger partial charge in [0.25, 0.3) is 11.8 Å². The number of hydrogen-bond acceptors (Lipinski definition) is 5. The fourth-order valence-corrected chi connectivity index (χ4v) is 3.30. The van der Waals surface area contributed by atoms with E-state index in [1.54, 1.807) is 11.0 Å². The highest BCUT2D eigenvalue weighted by Crippen LogP contribution is 2.31. The summed E-state index contributed by atoms with van der Waals surface area (Å²) in [7, 11) is 0. The Labute approximate surface area is 170 Å². The highest BCUT2D eigenvalue weighted by Gasteiger charge is 2.34. The zero-order valence-corrected chi connectivity index (χ0v) is 16.9. The molecule has 0 aromatic heterocycles. The van der Waals surface area contributed by atoms with E-state index in [4.69, 9.17) is 9.47 Å². The molecule has 4 amide bonds. The van der Waals surface area contributed by atoms with E-state index < -0.39 is 12.1 Å². The molecule has 1 aromatic carbocycles. The van der Waals surface area contributed by atoms with Gasteiger partial charge < -0.3 is 24.6 Å². The maximum absolute atomic E-state index is 12.7. The van der Waals surface area contributed by atoms with Crippen LogP contribution in [0.1, 0.15) is 13.8 Å². The number of nitrogens with one attached hydrogen (secondary N) is 3. The molecule has 0 radical (unpaired) electrons. The van der Waals surface area contributed by atoms with Crippen molar-refractivity contribution in [2.45, 2.75) is 20.0 Å². The second kappa shape index (κ2) is 9.60. The third-order valence-electron chi connectivity index (χ3n) is 4.90. The Balaban J connectivity index is 1.40. The highest BCUT2D eigenvalue weighted by molar-refractivity contribution is 5.94. The Morgan fingerprint density at radius 2 is 1.86 bits per heavy atom. The van der Waals surface area contributed by atoms with Crippen LogP contribution in [0.2, 0.25) is 0 Å². The quantitative estimate of drug-likeness (QED) is 0.586. The van der Waals surface area contributed by atoms with Gasteiger partial charge in [0.05, 0.1) is 26.2 Å². The number of urea groups is 1. The van der Waals surface area contributed by atoms with Crippen LogP contribution in [0.4, 0.5) is 4.79 Å². The van der Waals surface area contributed by atoms with Crippen molar-refractivity contribution in [1.29, 1.82) is 0 Å². The summed E-state index contributed by atoms with van der Waals surface area (Å²) in [5.41, 5.74) is 0. The number of ether oxygens (including phenoxy) is 2. The molecule has 1 aromatic rings. The van der Waals surface area contributed by atoms with Crippen molar-refractivity contribution in [3.8, 4) is 11.5 Å². The van der Waals surface area contributed by atoms with Crippen LogP contribution >= 0.6 is 0 Å². The number of amides is 4. The molecule has 2 aliphatic rings. The molecular weight excluding hydrogens is 376 g/mol. The Morgan fingerprint density at radius 1 is 1.17 bits per heavy atom. The molecule has 0 unspecified atom stereocenters. The maximum atomic E-state index is 12.7. The summed E-state index contributed by atoms with van der Waals surface area (Å²) in [5, 5.41) is 5.01. The minimum absolute atomic E-state index is 0.101. The first-order valence-electron chi connectivity index (χ1n) is 10.0. The number of fused-ring (bicyclic) bond motifs is 1. The molecule has 3 rings (SSSR count). The van der Waals surface area contributed by atoms with Crippen LogP contribution in [0.5, 0.6) is 11.5 Å². The molecule has 1 fully saturated rings. The van der Waals surface area contributed by atoms with Gasteiger partial charge >= 0.3 is 6.03 Å². The van der Waals surface area contributed by atoms with Crippen LogP contribution in [0.25, 0.3) is 0 Å². The van der Waals surface area contributed by atoms with Gasteiger partial charge in [-0.25, -0.2) is 4.79 Å². The molecule has 3 N–H and O–H groups in total. The van der Waals surface area contributed by atoms with Crippen molar-refractivity contribution in [2.75, 3.05) is 45.9 Å². The molecule has 2 aliphatic heterocycles. The first-order valence-corrected chi connectivity index (χ1v) is 10.0. The third kappa shape index (κ3) is 5.83. The van der Waals surface area contributed by atoms with Crippen molar-refractivity contribution in [2.24, 2.45) is 5.92 Å². The SMILES string of the molecule is CC(C)CNC(=O)NC(=O)C[NH+]1CCN(C(=O)[C@H]2COc3ccccc3O2)CC1. The van der Waals surface area contributed by atoms with Crippen molar-refractivity contribution >= 4 is 17.8 Å². The lowest BCUT2D eigenvalue weighted by Crippen LogP contribution is -3.16. The van der Waals surface area contributed by atoms with Crippen LogP contribution in [0.15, 0.2) is 24.3 Å². The standard InChI is InChI=1S/C20H28N4O5/c1-14(2)11-21-20(27)22-18(25)12-23-7-9-24(10-8-23)19(26)17-13-28-15-5-3-4-6-16(15)29-17/h3-6,14,17H,7-13H2,1-2H3,(H2,21,22,25,27)/p+1/t17-/m1/s1. The van der Waals surface area contributed by atoms with Gasteiger partial charge in [-0.3, -0.25) is 14.9 Å². The Morgan fingerprint density at radius 3 is 2.55 bits per heavy atom. The summed E-state index contributed by atoms with van der Waals surface area (Å²) >= 11 is 0. The van der Waals surface area contributed by atoms with Gasteiger partial charge in [-0.2, -0.15) is 0 Å². The lowest BCUT2D eigenvalue weighted by atomic mass is 10.2. The molecule has 1 saturated heterocycles. The minimum Gasteiger partial charge on any atom is -0.485 e. The summed E-state index contributed by atoms with van der Waals surface area (Å²) in [5.74, 6) is 1.12. The van der Waals surface area contributed by atoms with Crippen molar-refractivity contribution in [3.63, 3.8) is 0 Å². The maximum Gasteiger partial charge on any atom is 0.321 e. The van der Waals surface area contributed by atoms with E-state index >= 15 is 0 Å². The molecule has 9 heteroatoms. The topological polar surface area (TPSA) is 101 Å². The lowest BCUT2D eigenvalue weighted by Gasteiger charge is -2.35. The summed E-state index contributed by atoms with van der Waals surface area (Å²) in [6, 6.07) is 6.83. The van der Waals surface area contributed by atoms with E-state index in [1.165, 1.54) is 0 Å². The van der Waals surface area contributed by atoms with Gasteiger partial charge in [0.1, 0.15) is 6.61 Å². The van der Waals surface area contributed by atoms with Gasteiger partial charge in [-0.1, -0.05) is 26.0 Å².